The average Bonchev–Trinajstić information content (AvgIpc) is 2.74. The minimum atomic E-state index is -1.45. The summed E-state index contributed by atoms with van der Waals surface area (Å²) in [6, 6.07) is 0. The van der Waals surface area contributed by atoms with E-state index in [1.54, 1.807) is 0 Å². The number of nitrogens with zero attached hydrogens (tertiary/aromatic N) is 1. The molecule has 0 aromatic carbocycles. The van der Waals surface area contributed by atoms with Crippen LogP contribution in [-0.2, 0) is 16.1 Å². The molecule has 10 nitrogen and oxygen atoms in total. The largest absolute Gasteiger partial charge is 0.481 e. The minimum absolute atomic E-state index is 0.132. The maximum atomic E-state index is 11.8. The average molecular weight is 316 g/mol. The topological polar surface area (TPSA) is 162 Å². The SMILES string of the molecule is O=C(O)CCn1cc([C@@H]2O[C@H](CO)C(O)C2O)c(=O)[nH]c1=O. The molecule has 2 heterocycles. The number of aliphatic hydroxyl groups is 3. The van der Waals surface area contributed by atoms with E-state index in [0.29, 0.717) is 0 Å². The Kier molecular flexibility index (Phi) is 4.76. The van der Waals surface area contributed by atoms with Crippen LogP contribution in [0.15, 0.2) is 15.8 Å². The second kappa shape index (κ2) is 6.40. The Hall–Kier alpha value is -2.01. The normalized spacial score (nSPS) is 28.0. The maximum Gasteiger partial charge on any atom is 0.328 e. The predicted octanol–water partition coefficient (Wildman–Crippen LogP) is -2.83. The van der Waals surface area contributed by atoms with Crippen LogP contribution in [0.5, 0.6) is 0 Å². The Labute approximate surface area is 123 Å². The zero-order valence-corrected chi connectivity index (χ0v) is 11.4. The third-order valence-corrected chi connectivity index (χ3v) is 3.45. The number of carbonyl (C=O) groups is 1. The van der Waals surface area contributed by atoms with Crippen LogP contribution in [0.3, 0.4) is 0 Å². The number of aliphatic hydroxyl groups excluding tert-OH is 3. The van der Waals surface area contributed by atoms with Crippen LogP contribution in [0.1, 0.15) is 18.1 Å². The smallest absolute Gasteiger partial charge is 0.328 e. The van der Waals surface area contributed by atoms with Crippen molar-refractivity contribution in [1.82, 2.24) is 9.55 Å². The van der Waals surface area contributed by atoms with Gasteiger partial charge in [0.05, 0.1) is 18.6 Å². The molecule has 0 spiro atoms. The van der Waals surface area contributed by atoms with Gasteiger partial charge in [0.25, 0.3) is 5.56 Å². The van der Waals surface area contributed by atoms with E-state index in [4.69, 9.17) is 14.9 Å². The first-order valence-electron chi connectivity index (χ1n) is 6.53. The molecule has 5 N–H and O–H groups in total. The summed E-state index contributed by atoms with van der Waals surface area (Å²) < 4.78 is 6.19. The third kappa shape index (κ3) is 3.09. The fourth-order valence-electron chi connectivity index (χ4n) is 2.27. The van der Waals surface area contributed by atoms with E-state index in [9.17, 15) is 24.6 Å². The lowest BCUT2D eigenvalue weighted by atomic mass is 10.0. The number of nitrogens with one attached hydrogen (secondary N) is 1. The zero-order valence-electron chi connectivity index (χ0n) is 11.4. The predicted molar refractivity (Wildman–Crippen MR) is 70.3 cm³/mol. The lowest BCUT2D eigenvalue weighted by Gasteiger charge is -2.15. The molecule has 0 bridgehead atoms. The fraction of sp³-hybridized carbons (Fsp3) is 0.583. The number of rotatable bonds is 5. The van der Waals surface area contributed by atoms with Crippen molar-refractivity contribution < 1.29 is 30.0 Å². The summed E-state index contributed by atoms with van der Waals surface area (Å²) in [6.07, 6.45) is -4.37. The third-order valence-electron chi connectivity index (χ3n) is 3.45. The lowest BCUT2D eigenvalue weighted by molar-refractivity contribution is -0.137. The number of carboxylic acid groups (broad SMARTS) is 1. The summed E-state index contributed by atoms with van der Waals surface area (Å²) in [5, 5.41) is 37.2. The van der Waals surface area contributed by atoms with Gasteiger partial charge in [-0.2, -0.15) is 0 Å². The number of aromatic nitrogens is 2. The van der Waals surface area contributed by atoms with Crippen LogP contribution in [0.2, 0.25) is 0 Å². The van der Waals surface area contributed by atoms with Crippen LogP contribution in [0.25, 0.3) is 0 Å². The highest BCUT2D eigenvalue weighted by Gasteiger charge is 2.44. The van der Waals surface area contributed by atoms with Crippen molar-refractivity contribution in [3.05, 3.63) is 32.6 Å². The Morgan fingerprint density at radius 1 is 1.32 bits per heavy atom. The second-order valence-electron chi connectivity index (χ2n) is 4.94. The van der Waals surface area contributed by atoms with Gasteiger partial charge >= 0.3 is 11.7 Å². The van der Waals surface area contributed by atoms with Gasteiger partial charge in [-0.3, -0.25) is 19.1 Å². The molecule has 1 saturated heterocycles. The number of hydrogen-bond donors (Lipinski definition) is 5. The molecule has 1 aliphatic rings. The van der Waals surface area contributed by atoms with E-state index in [1.807, 2.05) is 4.98 Å². The highest BCUT2D eigenvalue weighted by atomic mass is 16.6. The first-order chi connectivity index (χ1) is 10.3. The molecule has 4 atom stereocenters. The summed E-state index contributed by atoms with van der Waals surface area (Å²) >= 11 is 0. The number of H-pyrrole nitrogens is 1. The van der Waals surface area contributed by atoms with Gasteiger partial charge in [-0.05, 0) is 0 Å². The van der Waals surface area contributed by atoms with Gasteiger partial charge in [0.2, 0.25) is 0 Å². The molecule has 2 rings (SSSR count). The Balaban J connectivity index is 2.35. The van der Waals surface area contributed by atoms with Gasteiger partial charge in [-0.25, -0.2) is 4.79 Å². The summed E-state index contributed by atoms with van der Waals surface area (Å²) in [7, 11) is 0. The highest BCUT2D eigenvalue weighted by molar-refractivity contribution is 5.66. The molecular weight excluding hydrogens is 300 g/mol. The van der Waals surface area contributed by atoms with E-state index in [2.05, 4.69) is 0 Å². The number of aryl methyl sites for hydroxylation is 1. The molecule has 1 aliphatic heterocycles. The van der Waals surface area contributed by atoms with Crippen molar-refractivity contribution in [3.8, 4) is 0 Å². The lowest BCUT2D eigenvalue weighted by Crippen LogP contribution is -2.36. The number of carboxylic acids is 1. The van der Waals surface area contributed by atoms with Crippen LogP contribution in [-0.4, -0.2) is 60.9 Å². The number of hydrogen-bond acceptors (Lipinski definition) is 7. The van der Waals surface area contributed by atoms with E-state index in [-0.39, 0.29) is 18.5 Å². The molecule has 0 radical (unpaired) electrons. The first kappa shape index (κ1) is 16.4. The zero-order chi connectivity index (χ0) is 16.4. The number of ether oxygens (including phenoxy) is 1. The van der Waals surface area contributed by atoms with E-state index >= 15 is 0 Å². The maximum absolute atomic E-state index is 11.8. The Morgan fingerprint density at radius 2 is 2.00 bits per heavy atom. The molecular formula is C12H16N2O8. The van der Waals surface area contributed by atoms with Crippen LogP contribution in [0.4, 0.5) is 0 Å². The van der Waals surface area contributed by atoms with E-state index < -0.39 is 48.2 Å². The second-order valence-corrected chi connectivity index (χ2v) is 4.94. The standard InChI is InChI=1S/C12H16N2O8/c15-4-6-8(18)9(19)10(22-6)5-3-14(2-1-7(16)17)12(21)13-11(5)20/h3,6,8-10,15,18-19H,1-2,4H2,(H,16,17)(H,13,20,21)/t6-,8?,9?,10+/m1/s1. The van der Waals surface area contributed by atoms with Crippen molar-refractivity contribution in [2.45, 2.75) is 37.4 Å². The van der Waals surface area contributed by atoms with Gasteiger partial charge in [0.15, 0.2) is 0 Å². The van der Waals surface area contributed by atoms with Gasteiger partial charge in [0, 0.05) is 12.7 Å². The molecule has 0 aliphatic carbocycles. The van der Waals surface area contributed by atoms with E-state index in [0.717, 1.165) is 10.8 Å². The highest BCUT2D eigenvalue weighted by Crippen LogP contribution is 2.31. The molecule has 0 amide bonds. The number of aromatic amines is 1. The summed E-state index contributed by atoms with van der Waals surface area (Å²) in [5.74, 6) is -1.12. The minimum Gasteiger partial charge on any atom is -0.481 e. The fourth-order valence-corrected chi connectivity index (χ4v) is 2.27. The quantitative estimate of drug-likeness (QED) is 0.388. The summed E-state index contributed by atoms with van der Waals surface area (Å²) in [5.41, 5.74) is -1.74. The van der Waals surface area contributed by atoms with Gasteiger partial charge < -0.3 is 25.2 Å². The Morgan fingerprint density at radius 3 is 2.55 bits per heavy atom. The summed E-state index contributed by atoms with van der Waals surface area (Å²) in [4.78, 5) is 36.0. The first-order valence-corrected chi connectivity index (χ1v) is 6.53. The summed E-state index contributed by atoms with van der Waals surface area (Å²) in [6.45, 7) is -0.724. The molecule has 22 heavy (non-hydrogen) atoms. The van der Waals surface area contributed by atoms with Crippen molar-refractivity contribution in [1.29, 1.82) is 0 Å². The van der Waals surface area contributed by atoms with Crippen LogP contribution in [0, 0.1) is 0 Å². The van der Waals surface area contributed by atoms with Crippen molar-refractivity contribution in [2.24, 2.45) is 0 Å². The van der Waals surface area contributed by atoms with Gasteiger partial charge in [-0.1, -0.05) is 0 Å². The molecule has 1 fully saturated rings. The molecule has 10 heteroatoms. The van der Waals surface area contributed by atoms with Gasteiger partial charge in [-0.15, -0.1) is 0 Å². The van der Waals surface area contributed by atoms with Crippen molar-refractivity contribution >= 4 is 5.97 Å². The van der Waals surface area contributed by atoms with Crippen LogP contribution >= 0.6 is 0 Å². The Bertz CT molecular complexity index is 666. The van der Waals surface area contributed by atoms with Crippen molar-refractivity contribution in [3.63, 3.8) is 0 Å². The monoisotopic (exact) mass is 316 g/mol. The molecule has 0 saturated carbocycles. The van der Waals surface area contributed by atoms with Crippen molar-refractivity contribution in [2.75, 3.05) is 6.61 Å². The molecule has 1 aromatic rings. The molecule has 2 unspecified atom stereocenters. The molecule has 122 valence electrons. The number of aliphatic carboxylic acids is 1. The van der Waals surface area contributed by atoms with Gasteiger partial charge in [0.1, 0.15) is 24.4 Å². The van der Waals surface area contributed by atoms with Crippen LogP contribution < -0.4 is 11.2 Å². The van der Waals surface area contributed by atoms with E-state index in [1.165, 1.54) is 0 Å². The molecule has 1 aromatic heterocycles.